The minimum atomic E-state index is 0.293. The molecular formula is C13H15ClN2S. The second-order valence-corrected chi connectivity index (χ2v) is 5.62. The van der Waals surface area contributed by atoms with Crippen molar-refractivity contribution >= 4 is 22.9 Å². The Kier molecular flexibility index (Phi) is 4.15. The van der Waals surface area contributed by atoms with Crippen molar-refractivity contribution in [2.45, 2.75) is 25.9 Å². The van der Waals surface area contributed by atoms with E-state index in [0.717, 1.165) is 4.34 Å². The topological polar surface area (TPSA) is 24.9 Å². The van der Waals surface area contributed by atoms with E-state index in [9.17, 15) is 0 Å². The first-order valence-electron chi connectivity index (χ1n) is 5.56. The molecule has 0 radical (unpaired) electrons. The van der Waals surface area contributed by atoms with Crippen LogP contribution in [0.2, 0.25) is 4.34 Å². The third-order valence-corrected chi connectivity index (χ3v) is 3.90. The lowest BCUT2D eigenvalue weighted by molar-refractivity contribution is 0.495. The number of rotatable bonds is 4. The Bertz CT molecular complexity index is 469. The maximum absolute atomic E-state index is 5.94. The van der Waals surface area contributed by atoms with Crippen molar-refractivity contribution in [3.8, 4) is 0 Å². The highest BCUT2D eigenvalue weighted by atomic mass is 35.5. The van der Waals surface area contributed by atoms with E-state index in [1.165, 1.54) is 11.1 Å². The molecule has 0 amide bonds. The fourth-order valence-electron chi connectivity index (χ4n) is 1.77. The minimum Gasteiger partial charge on any atom is -0.304 e. The number of halogens is 1. The lowest BCUT2D eigenvalue weighted by Gasteiger charge is -2.19. The van der Waals surface area contributed by atoms with Crippen molar-refractivity contribution in [1.82, 2.24) is 10.3 Å². The molecule has 1 N–H and O–H groups in total. The Morgan fingerprint density at radius 2 is 1.82 bits per heavy atom. The van der Waals surface area contributed by atoms with Crippen molar-refractivity contribution in [2.24, 2.45) is 0 Å². The lowest BCUT2D eigenvalue weighted by Crippen LogP contribution is -2.22. The Balaban J connectivity index is 2.02. The minimum absolute atomic E-state index is 0.293. The highest BCUT2D eigenvalue weighted by Crippen LogP contribution is 2.26. The third-order valence-electron chi connectivity index (χ3n) is 2.79. The summed E-state index contributed by atoms with van der Waals surface area (Å²) in [5.74, 6) is 0. The summed E-state index contributed by atoms with van der Waals surface area (Å²) in [7, 11) is 0. The zero-order valence-corrected chi connectivity index (χ0v) is 11.4. The molecule has 0 aromatic carbocycles. The molecular weight excluding hydrogens is 252 g/mol. The van der Waals surface area contributed by atoms with Crippen molar-refractivity contribution in [1.29, 1.82) is 0 Å². The van der Waals surface area contributed by atoms with Crippen LogP contribution < -0.4 is 5.32 Å². The first-order valence-corrected chi connectivity index (χ1v) is 6.82. The first-order chi connectivity index (χ1) is 8.16. The predicted octanol–water partition coefficient (Wildman–Crippen LogP) is 4.21. The maximum Gasteiger partial charge on any atom is 0.0931 e. The molecule has 0 bridgehead atoms. The molecule has 2 heterocycles. The average Bonchev–Trinajstić information content (AvgIpc) is 2.77. The van der Waals surface area contributed by atoms with Gasteiger partial charge in [0.25, 0.3) is 0 Å². The smallest absolute Gasteiger partial charge is 0.0931 e. The number of hydrogen-bond donors (Lipinski definition) is 1. The first kappa shape index (κ1) is 12.6. The SMILES string of the molecule is CC(N[C@@H](C)c1ccncc1)c1csc(Cl)c1. The second kappa shape index (κ2) is 5.63. The quantitative estimate of drug-likeness (QED) is 0.897. The van der Waals surface area contributed by atoms with E-state index in [1.54, 1.807) is 11.3 Å². The van der Waals surface area contributed by atoms with Gasteiger partial charge in [0, 0.05) is 24.5 Å². The molecule has 2 nitrogen and oxygen atoms in total. The molecule has 90 valence electrons. The molecule has 0 aliphatic heterocycles. The number of nitrogens with one attached hydrogen (secondary N) is 1. The van der Waals surface area contributed by atoms with Gasteiger partial charge in [-0.05, 0) is 48.6 Å². The molecule has 4 heteroatoms. The molecule has 0 saturated heterocycles. The molecule has 0 fully saturated rings. The van der Waals surface area contributed by atoms with E-state index in [0.29, 0.717) is 12.1 Å². The van der Waals surface area contributed by atoms with E-state index < -0.39 is 0 Å². The zero-order chi connectivity index (χ0) is 12.3. The van der Waals surface area contributed by atoms with Crippen LogP contribution in [0.25, 0.3) is 0 Å². The Labute approximate surface area is 111 Å². The molecule has 2 aromatic heterocycles. The maximum atomic E-state index is 5.94. The summed E-state index contributed by atoms with van der Waals surface area (Å²) in [6, 6.07) is 6.67. The van der Waals surface area contributed by atoms with Crippen LogP contribution in [0.4, 0.5) is 0 Å². The largest absolute Gasteiger partial charge is 0.304 e. The third kappa shape index (κ3) is 3.28. The van der Waals surface area contributed by atoms with Crippen LogP contribution >= 0.6 is 22.9 Å². The normalized spacial score (nSPS) is 14.5. The van der Waals surface area contributed by atoms with Crippen LogP contribution in [0, 0.1) is 0 Å². The molecule has 2 aromatic rings. The number of hydrogen-bond acceptors (Lipinski definition) is 3. The highest BCUT2D eigenvalue weighted by molar-refractivity contribution is 7.14. The van der Waals surface area contributed by atoms with Crippen LogP contribution in [0.5, 0.6) is 0 Å². The summed E-state index contributed by atoms with van der Waals surface area (Å²) in [5.41, 5.74) is 2.48. The molecule has 1 unspecified atom stereocenters. The Morgan fingerprint density at radius 1 is 1.18 bits per heavy atom. The molecule has 0 aliphatic carbocycles. The van der Waals surface area contributed by atoms with E-state index in [4.69, 9.17) is 11.6 Å². The highest BCUT2D eigenvalue weighted by Gasteiger charge is 2.12. The number of pyridine rings is 1. The monoisotopic (exact) mass is 266 g/mol. The molecule has 2 rings (SSSR count). The van der Waals surface area contributed by atoms with Gasteiger partial charge in [0.05, 0.1) is 4.34 Å². The summed E-state index contributed by atoms with van der Waals surface area (Å²) in [5, 5.41) is 5.64. The van der Waals surface area contributed by atoms with Crippen molar-refractivity contribution < 1.29 is 0 Å². The summed E-state index contributed by atoms with van der Waals surface area (Å²) >= 11 is 7.51. The summed E-state index contributed by atoms with van der Waals surface area (Å²) in [6.07, 6.45) is 3.64. The van der Waals surface area contributed by atoms with Crippen LogP contribution in [0.15, 0.2) is 36.0 Å². The van der Waals surface area contributed by atoms with Crippen LogP contribution in [-0.2, 0) is 0 Å². The summed E-state index contributed by atoms with van der Waals surface area (Å²) < 4.78 is 0.838. The molecule has 2 atom stereocenters. The van der Waals surface area contributed by atoms with Crippen molar-refractivity contribution in [3.63, 3.8) is 0 Å². The van der Waals surface area contributed by atoms with Gasteiger partial charge in [-0.1, -0.05) is 11.6 Å². The Morgan fingerprint density at radius 3 is 2.41 bits per heavy atom. The molecule has 0 saturated carbocycles. The average molecular weight is 267 g/mol. The zero-order valence-electron chi connectivity index (χ0n) is 9.85. The van der Waals surface area contributed by atoms with Gasteiger partial charge in [-0.15, -0.1) is 11.3 Å². The van der Waals surface area contributed by atoms with E-state index >= 15 is 0 Å². The molecule has 0 aliphatic rings. The van der Waals surface area contributed by atoms with Gasteiger partial charge in [-0.3, -0.25) is 4.98 Å². The van der Waals surface area contributed by atoms with Crippen molar-refractivity contribution in [3.05, 3.63) is 51.4 Å². The second-order valence-electron chi connectivity index (χ2n) is 4.07. The van der Waals surface area contributed by atoms with Gasteiger partial charge in [-0.2, -0.15) is 0 Å². The standard InChI is InChI=1S/C13H15ClN2S/c1-9(11-3-5-15-6-4-11)16-10(2)12-7-13(14)17-8-12/h3-10,16H,1-2H3/t9-,10?/m0/s1. The fraction of sp³-hybridized carbons (Fsp3) is 0.308. The lowest BCUT2D eigenvalue weighted by atomic mass is 10.1. The van der Waals surface area contributed by atoms with Crippen LogP contribution in [0.3, 0.4) is 0 Å². The fourth-order valence-corrected chi connectivity index (χ4v) is 2.75. The number of nitrogens with zero attached hydrogens (tertiary/aromatic N) is 1. The van der Waals surface area contributed by atoms with Crippen molar-refractivity contribution in [2.75, 3.05) is 0 Å². The van der Waals surface area contributed by atoms with Crippen LogP contribution in [0.1, 0.15) is 37.1 Å². The van der Waals surface area contributed by atoms with Gasteiger partial charge < -0.3 is 5.32 Å². The summed E-state index contributed by atoms with van der Waals surface area (Å²) in [6.45, 7) is 4.30. The van der Waals surface area contributed by atoms with Gasteiger partial charge in [0.15, 0.2) is 0 Å². The van der Waals surface area contributed by atoms with Crippen LogP contribution in [-0.4, -0.2) is 4.98 Å². The molecule has 17 heavy (non-hydrogen) atoms. The Hall–Kier alpha value is -0.900. The van der Waals surface area contributed by atoms with E-state index in [2.05, 4.69) is 29.5 Å². The van der Waals surface area contributed by atoms with Gasteiger partial charge >= 0.3 is 0 Å². The number of thiophene rings is 1. The predicted molar refractivity (Wildman–Crippen MR) is 73.5 cm³/mol. The van der Waals surface area contributed by atoms with E-state index in [-0.39, 0.29) is 0 Å². The van der Waals surface area contributed by atoms with Gasteiger partial charge in [-0.25, -0.2) is 0 Å². The van der Waals surface area contributed by atoms with Gasteiger partial charge in [0.1, 0.15) is 0 Å². The van der Waals surface area contributed by atoms with Gasteiger partial charge in [0.2, 0.25) is 0 Å². The van der Waals surface area contributed by atoms with E-state index in [1.807, 2.05) is 30.6 Å². The molecule has 0 spiro atoms. The number of aromatic nitrogens is 1. The summed E-state index contributed by atoms with van der Waals surface area (Å²) in [4.78, 5) is 4.02.